The van der Waals surface area contributed by atoms with Gasteiger partial charge in [-0.25, -0.2) is 4.99 Å². The lowest BCUT2D eigenvalue weighted by molar-refractivity contribution is -0.115. The van der Waals surface area contributed by atoms with Crippen molar-refractivity contribution >= 4 is 46.2 Å². The minimum Gasteiger partial charge on any atom is -0.493 e. The van der Waals surface area contributed by atoms with E-state index in [9.17, 15) is 4.79 Å². The van der Waals surface area contributed by atoms with Gasteiger partial charge in [0.2, 0.25) is 0 Å². The zero-order valence-electron chi connectivity index (χ0n) is 23.1. The predicted molar refractivity (Wildman–Crippen MR) is 168 cm³/mol. The summed E-state index contributed by atoms with van der Waals surface area (Å²) in [6, 6.07) is 28.4. The fourth-order valence-corrected chi connectivity index (χ4v) is 5.05. The molecule has 0 bridgehead atoms. The summed E-state index contributed by atoms with van der Waals surface area (Å²) < 4.78 is 23.5. The van der Waals surface area contributed by atoms with Crippen LogP contribution in [0.4, 0.5) is 5.69 Å². The number of halogens is 1. The first-order chi connectivity index (χ1) is 20.5. The molecule has 214 valence electrons. The van der Waals surface area contributed by atoms with E-state index in [2.05, 4.69) is 10.3 Å². The van der Waals surface area contributed by atoms with E-state index in [1.165, 1.54) is 11.8 Å². The summed E-state index contributed by atoms with van der Waals surface area (Å²) in [5.41, 5.74) is 3.50. The molecule has 1 aliphatic heterocycles. The zero-order valence-corrected chi connectivity index (χ0v) is 24.7. The first kappa shape index (κ1) is 29.1. The molecule has 4 aromatic rings. The Morgan fingerprint density at radius 3 is 2.26 bits per heavy atom. The van der Waals surface area contributed by atoms with E-state index in [4.69, 9.17) is 30.5 Å². The maximum absolute atomic E-state index is 12.5. The summed E-state index contributed by atoms with van der Waals surface area (Å²) >= 11 is 7.21. The Morgan fingerprint density at radius 1 is 0.810 bits per heavy atom. The molecular weight excluding hydrogens is 572 g/mol. The lowest BCUT2D eigenvalue weighted by atomic mass is 10.1. The molecule has 1 N–H and O–H groups in total. The summed E-state index contributed by atoms with van der Waals surface area (Å²) in [5.74, 6) is 2.25. The van der Waals surface area contributed by atoms with Crippen molar-refractivity contribution < 1.29 is 23.7 Å². The van der Waals surface area contributed by atoms with E-state index in [0.717, 1.165) is 16.7 Å². The monoisotopic (exact) mass is 600 g/mol. The molecule has 0 unspecified atom stereocenters. The Labute approximate surface area is 254 Å². The first-order valence-corrected chi connectivity index (χ1v) is 14.5. The van der Waals surface area contributed by atoms with Crippen LogP contribution in [0.25, 0.3) is 6.08 Å². The number of amides is 1. The molecule has 42 heavy (non-hydrogen) atoms. The maximum atomic E-state index is 12.5. The number of amidine groups is 1. The number of carbonyl (C=O) groups excluding carboxylic acids is 1. The minimum absolute atomic E-state index is 0.215. The van der Waals surface area contributed by atoms with Crippen molar-refractivity contribution in [1.29, 1.82) is 0 Å². The van der Waals surface area contributed by atoms with Gasteiger partial charge in [-0.2, -0.15) is 0 Å². The molecule has 1 fully saturated rings. The number of hydrogen-bond acceptors (Lipinski definition) is 7. The number of thioether (sulfide) groups is 1. The summed E-state index contributed by atoms with van der Waals surface area (Å²) in [5, 5.41) is 3.93. The van der Waals surface area contributed by atoms with Gasteiger partial charge in [-0.3, -0.25) is 4.79 Å². The van der Waals surface area contributed by atoms with Gasteiger partial charge in [-0.1, -0.05) is 54.1 Å². The largest absolute Gasteiger partial charge is 0.493 e. The molecule has 0 spiro atoms. The number of nitrogens with zero attached hydrogens (tertiary/aromatic N) is 1. The van der Waals surface area contributed by atoms with Crippen molar-refractivity contribution in [3.8, 4) is 23.0 Å². The Balaban J connectivity index is 1.24. The van der Waals surface area contributed by atoms with Crippen LogP contribution < -0.4 is 24.3 Å². The molecule has 0 aliphatic carbocycles. The normalized spacial score (nSPS) is 14.6. The molecule has 7 nitrogen and oxygen atoms in total. The summed E-state index contributed by atoms with van der Waals surface area (Å²) in [7, 11) is 1.58. The van der Waals surface area contributed by atoms with Crippen LogP contribution in [0.2, 0.25) is 5.02 Å². The van der Waals surface area contributed by atoms with Gasteiger partial charge in [-0.05, 0) is 90.0 Å². The third-order valence-corrected chi connectivity index (χ3v) is 7.29. The molecule has 9 heteroatoms. The smallest absolute Gasteiger partial charge is 0.264 e. The van der Waals surface area contributed by atoms with Crippen LogP contribution in [0.5, 0.6) is 23.0 Å². The van der Waals surface area contributed by atoms with Gasteiger partial charge in [0.05, 0.1) is 24.3 Å². The molecule has 5 rings (SSSR count). The predicted octanol–water partition coefficient (Wildman–Crippen LogP) is 7.80. The molecule has 0 atom stereocenters. The highest BCUT2D eigenvalue weighted by Crippen LogP contribution is 2.34. The first-order valence-electron chi connectivity index (χ1n) is 13.3. The summed E-state index contributed by atoms with van der Waals surface area (Å²) in [6.45, 7) is 3.21. The number of nitrogens with one attached hydrogen (secondary N) is 1. The fourth-order valence-electron chi connectivity index (χ4n) is 4.08. The molecule has 1 aliphatic rings. The van der Waals surface area contributed by atoms with Gasteiger partial charge in [-0.15, -0.1) is 0 Å². The number of hydrogen-bond donors (Lipinski definition) is 1. The van der Waals surface area contributed by atoms with E-state index in [1.54, 1.807) is 37.5 Å². The fraction of sp³-hybridized carbons (Fsp3) is 0.152. The van der Waals surface area contributed by atoms with E-state index in [-0.39, 0.29) is 5.91 Å². The standard InChI is InChI=1S/C33H29ClN2O5S/c1-3-39-30-18-24(10-16-28(30)40-20-22-7-5-4-6-8-22)21-41-27-15-9-23(17-29(27)38-2)19-31-32(37)36-33(42-31)35-26-13-11-25(34)12-14-26/h4-19H,3,20-21H2,1-2H3,(H,35,36,37)/b31-19+. The van der Waals surface area contributed by atoms with Gasteiger partial charge in [0.15, 0.2) is 28.2 Å². The molecule has 0 radical (unpaired) electrons. The second-order valence-electron chi connectivity index (χ2n) is 9.15. The number of ether oxygens (including phenoxy) is 4. The van der Waals surface area contributed by atoms with Crippen LogP contribution in [0, 0.1) is 0 Å². The third kappa shape index (κ3) is 7.66. The van der Waals surface area contributed by atoms with E-state index in [0.29, 0.717) is 63.6 Å². The molecule has 0 saturated carbocycles. The van der Waals surface area contributed by atoms with Gasteiger partial charge in [0, 0.05) is 5.02 Å². The van der Waals surface area contributed by atoms with Crippen LogP contribution in [0.15, 0.2) is 101 Å². The van der Waals surface area contributed by atoms with Crippen molar-refractivity contribution in [2.75, 3.05) is 13.7 Å². The Bertz CT molecular complexity index is 1610. The van der Waals surface area contributed by atoms with Crippen molar-refractivity contribution in [1.82, 2.24) is 5.32 Å². The Kier molecular flexibility index (Phi) is 9.69. The van der Waals surface area contributed by atoms with E-state index < -0.39 is 0 Å². The van der Waals surface area contributed by atoms with Gasteiger partial charge in [0.25, 0.3) is 5.91 Å². The topological polar surface area (TPSA) is 78.4 Å². The van der Waals surface area contributed by atoms with Gasteiger partial charge in [0.1, 0.15) is 13.2 Å². The number of methoxy groups -OCH3 is 1. The SMILES string of the molecule is CCOc1cc(COc2ccc(/C=C3/SC(=Nc4ccc(Cl)cc4)NC3=O)cc2OC)ccc1OCc1ccccc1. The summed E-state index contributed by atoms with van der Waals surface area (Å²) in [6.07, 6.45) is 1.79. The molecule has 0 aromatic heterocycles. The lowest BCUT2D eigenvalue weighted by Gasteiger charge is -2.15. The van der Waals surface area contributed by atoms with Crippen LogP contribution in [-0.4, -0.2) is 24.8 Å². The average Bonchev–Trinajstić information content (AvgIpc) is 3.35. The van der Waals surface area contributed by atoms with Gasteiger partial charge >= 0.3 is 0 Å². The molecular formula is C33H29ClN2O5S. The van der Waals surface area contributed by atoms with Crippen LogP contribution in [0.3, 0.4) is 0 Å². The molecule has 4 aromatic carbocycles. The molecule has 1 amide bonds. The highest BCUT2D eigenvalue weighted by molar-refractivity contribution is 8.18. The number of benzene rings is 4. The Hall–Kier alpha value is -4.40. The van der Waals surface area contributed by atoms with E-state index in [1.807, 2.05) is 73.7 Å². The van der Waals surface area contributed by atoms with Gasteiger partial charge < -0.3 is 24.3 Å². The number of aliphatic imine (C=N–C) groups is 1. The highest BCUT2D eigenvalue weighted by atomic mass is 35.5. The maximum Gasteiger partial charge on any atom is 0.264 e. The van der Waals surface area contributed by atoms with Crippen molar-refractivity contribution in [3.05, 3.63) is 118 Å². The average molecular weight is 601 g/mol. The van der Waals surface area contributed by atoms with Crippen LogP contribution >= 0.6 is 23.4 Å². The number of rotatable bonds is 11. The quantitative estimate of drug-likeness (QED) is 0.177. The second kappa shape index (κ2) is 14.0. The lowest BCUT2D eigenvalue weighted by Crippen LogP contribution is -2.19. The Morgan fingerprint density at radius 2 is 1.52 bits per heavy atom. The van der Waals surface area contributed by atoms with Crippen LogP contribution in [-0.2, 0) is 18.0 Å². The zero-order chi connectivity index (χ0) is 29.3. The highest BCUT2D eigenvalue weighted by Gasteiger charge is 2.24. The number of carbonyl (C=O) groups is 1. The molecule has 1 heterocycles. The second-order valence-corrected chi connectivity index (χ2v) is 10.6. The van der Waals surface area contributed by atoms with Crippen molar-refractivity contribution in [3.63, 3.8) is 0 Å². The van der Waals surface area contributed by atoms with Crippen molar-refractivity contribution in [2.24, 2.45) is 4.99 Å². The minimum atomic E-state index is -0.215. The third-order valence-electron chi connectivity index (χ3n) is 6.13. The van der Waals surface area contributed by atoms with Crippen molar-refractivity contribution in [2.45, 2.75) is 20.1 Å². The van der Waals surface area contributed by atoms with E-state index >= 15 is 0 Å². The summed E-state index contributed by atoms with van der Waals surface area (Å²) in [4.78, 5) is 17.5. The van der Waals surface area contributed by atoms with Crippen LogP contribution in [0.1, 0.15) is 23.6 Å². The molecule has 1 saturated heterocycles.